The Kier molecular flexibility index (Phi) is 3.42. The fourth-order valence-corrected chi connectivity index (χ4v) is 3.38. The van der Waals surface area contributed by atoms with Crippen molar-refractivity contribution >= 4 is 11.6 Å². The molecule has 2 atom stereocenters. The van der Waals surface area contributed by atoms with Crippen LogP contribution in [0, 0.1) is 0 Å². The second-order valence-electron chi connectivity index (χ2n) is 5.58. The Balaban J connectivity index is 1.58. The molecule has 2 fully saturated rings. The zero-order valence-electron chi connectivity index (χ0n) is 11.1. The minimum atomic E-state index is 0.0941. The molecule has 4 heteroatoms. The highest BCUT2D eigenvalue weighted by molar-refractivity contribution is 5.80. The van der Waals surface area contributed by atoms with Gasteiger partial charge in [-0.3, -0.25) is 9.69 Å². The molecule has 1 aromatic rings. The molecule has 19 heavy (non-hydrogen) atoms. The first-order valence-corrected chi connectivity index (χ1v) is 7.11. The third kappa shape index (κ3) is 2.59. The maximum absolute atomic E-state index is 12.1. The van der Waals surface area contributed by atoms with Crippen LogP contribution in [0.15, 0.2) is 24.3 Å². The average molecular weight is 259 g/mol. The zero-order valence-corrected chi connectivity index (χ0v) is 11.1. The maximum Gasteiger partial charge on any atom is 0.224 e. The van der Waals surface area contributed by atoms with Crippen molar-refractivity contribution in [3.63, 3.8) is 0 Å². The molecule has 2 unspecified atom stereocenters. The molecule has 0 saturated carbocycles. The molecule has 2 saturated heterocycles. The van der Waals surface area contributed by atoms with E-state index in [1.165, 1.54) is 19.4 Å². The van der Waals surface area contributed by atoms with E-state index in [-0.39, 0.29) is 5.91 Å². The number of carbonyl (C=O) groups excluding carboxylic acids is 1. The van der Waals surface area contributed by atoms with Gasteiger partial charge >= 0.3 is 0 Å². The summed E-state index contributed by atoms with van der Waals surface area (Å²) in [4.78, 5) is 14.6. The molecule has 3 rings (SSSR count). The van der Waals surface area contributed by atoms with E-state index < -0.39 is 0 Å². The van der Waals surface area contributed by atoms with Crippen molar-refractivity contribution < 1.29 is 4.79 Å². The predicted molar refractivity (Wildman–Crippen MR) is 75.7 cm³/mol. The van der Waals surface area contributed by atoms with Crippen molar-refractivity contribution in [1.82, 2.24) is 10.2 Å². The van der Waals surface area contributed by atoms with Crippen molar-refractivity contribution in [3.8, 4) is 0 Å². The van der Waals surface area contributed by atoms with E-state index in [0.29, 0.717) is 24.2 Å². The monoisotopic (exact) mass is 259 g/mol. The summed E-state index contributed by atoms with van der Waals surface area (Å²) in [5, 5.41) is 3.19. The van der Waals surface area contributed by atoms with Gasteiger partial charge in [0.15, 0.2) is 0 Å². The molecule has 1 aromatic carbocycles. The number of hydrogen-bond donors (Lipinski definition) is 2. The quantitative estimate of drug-likeness (QED) is 0.801. The van der Waals surface area contributed by atoms with Gasteiger partial charge in [0.2, 0.25) is 5.91 Å². The lowest BCUT2D eigenvalue weighted by atomic mass is 10.1. The van der Waals surface area contributed by atoms with Crippen LogP contribution >= 0.6 is 0 Å². The summed E-state index contributed by atoms with van der Waals surface area (Å²) in [5.41, 5.74) is 7.49. The number of fused-ring (bicyclic) bond motifs is 1. The Morgan fingerprint density at radius 3 is 3.00 bits per heavy atom. The first kappa shape index (κ1) is 12.5. The number of rotatable bonds is 3. The lowest BCUT2D eigenvalue weighted by molar-refractivity contribution is -0.121. The molecule has 1 amide bonds. The van der Waals surface area contributed by atoms with Crippen LogP contribution in [0.2, 0.25) is 0 Å². The number of nitrogen functional groups attached to an aromatic ring is 1. The number of hydrogen-bond acceptors (Lipinski definition) is 3. The number of para-hydroxylation sites is 1. The minimum Gasteiger partial charge on any atom is -0.398 e. The molecule has 0 radical (unpaired) electrons. The molecular weight excluding hydrogens is 238 g/mol. The van der Waals surface area contributed by atoms with Crippen molar-refractivity contribution in [2.75, 3.05) is 18.8 Å². The first-order chi connectivity index (χ1) is 9.24. The number of benzene rings is 1. The van der Waals surface area contributed by atoms with Crippen LogP contribution in [0.1, 0.15) is 24.8 Å². The first-order valence-electron chi connectivity index (χ1n) is 7.11. The van der Waals surface area contributed by atoms with Crippen molar-refractivity contribution in [1.29, 1.82) is 0 Å². The molecule has 102 valence electrons. The highest BCUT2D eigenvalue weighted by Crippen LogP contribution is 2.27. The summed E-state index contributed by atoms with van der Waals surface area (Å²) >= 11 is 0. The summed E-state index contributed by atoms with van der Waals surface area (Å²) in [6.07, 6.45) is 3.96. The van der Waals surface area contributed by atoms with E-state index in [1.807, 2.05) is 24.3 Å². The van der Waals surface area contributed by atoms with Gasteiger partial charge in [0.25, 0.3) is 0 Å². The van der Waals surface area contributed by atoms with E-state index in [2.05, 4.69) is 10.2 Å². The molecule has 4 nitrogen and oxygen atoms in total. The summed E-state index contributed by atoms with van der Waals surface area (Å²) < 4.78 is 0. The Hall–Kier alpha value is -1.55. The van der Waals surface area contributed by atoms with E-state index in [9.17, 15) is 4.79 Å². The Labute approximate surface area is 114 Å². The van der Waals surface area contributed by atoms with Crippen molar-refractivity contribution in [2.24, 2.45) is 0 Å². The number of nitrogens with one attached hydrogen (secondary N) is 1. The van der Waals surface area contributed by atoms with Crippen LogP contribution in [0.3, 0.4) is 0 Å². The van der Waals surface area contributed by atoms with Gasteiger partial charge in [-0.15, -0.1) is 0 Å². The predicted octanol–water partition coefficient (Wildman–Crippen LogP) is 1.16. The average Bonchev–Trinajstić information content (AvgIpc) is 2.97. The van der Waals surface area contributed by atoms with Gasteiger partial charge in [-0.2, -0.15) is 0 Å². The van der Waals surface area contributed by atoms with Gasteiger partial charge in [0.1, 0.15) is 0 Å². The smallest absolute Gasteiger partial charge is 0.224 e. The highest BCUT2D eigenvalue weighted by Gasteiger charge is 2.37. The summed E-state index contributed by atoms with van der Waals surface area (Å²) in [6.45, 7) is 2.33. The van der Waals surface area contributed by atoms with Gasteiger partial charge in [-0.25, -0.2) is 0 Å². The van der Waals surface area contributed by atoms with Gasteiger partial charge in [0, 0.05) is 24.3 Å². The number of nitrogens with two attached hydrogens (primary N) is 1. The van der Waals surface area contributed by atoms with Gasteiger partial charge in [0.05, 0.1) is 6.42 Å². The van der Waals surface area contributed by atoms with Gasteiger partial charge in [-0.1, -0.05) is 18.2 Å². The number of amides is 1. The maximum atomic E-state index is 12.1. The molecule has 3 N–H and O–H groups in total. The van der Waals surface area contributed by atoms with Crippen LogP contribution in [-0.4, -0.2) is 36.0 Å². The molecule has 0 spiro atoms. The van der Waals surface area contributed by atoms with Crippen LogP contribution in [0.5, 0.6) is 0 Å². The van der Waals surface area contributed by atoms with Gasteiger partial charge < -0.3 is 11.1 Å². The minimum absolute atomic E-state index is 0.0941. The van der Waals surface area contributed by atoms with E-state index >= 15 is 0 Å². The molecule has 0 aliphatic carbocycles. The summed E-state index contributed by atoms with van der Waals surface area (Å²) in [7, 11) is 0. The third-order valence-corrected chi connectivity index (χ3v) is 4.36. The molecule has 2 aliphatic rings. The lowest BCUT2D eigenvalue weighted by Gasteiger charge is -2.21. The Morgan fingerprint density at radius 2 is 2.16 bits per heavy atom. The number of nitrogens with zero attached hydrogens (tertiary/aromatic N) is 1. The lowest BCUT2D eigenvalue weighted by Crippen LogP contribution is -2.43. The molecule has 0 bridgehead atoms. The SMILES string of the molecule is Nc1ccccc1CC(=O)NC1CCN2CCCC12. The topological polar surface area (TPSA) is 58.4 Å². The summed E-state index contributed by atoms with van der Waals surface area (Å²) in [5.74, 6) is 0.0941. The molecule has 2 heterocycles. The summed E-state index contributed by atoms with van der Waals surface area (Å²) in [6, 6.07) is 8.48. The fraction of sp³-hybridized carbons (Fsp3) is 0.533. The highest BCUT2D eigenvalue weighted by atomic mass is 16.1. The second-order valence-corrected chi connectivity index (χ2v) is 5.58. The van der Waals surface area contributed by atoms with Crippen molar-refractivity contribution in [3.05, 3.63) is 29.8 Å². The van der Waals surface area contributed by atoms with E-state index in [4.69, 9.17) is 5.73 Å². The van der Waals surface area contributed by atoms with Crippen LogP contribution in [0.4, 0.5) is 5.69 Å². The second kappa shape index (κ2) is 5.21. The van der Waals surface area contributed by atoms with Crippen molar-refractivity contribution in [2.45, 2.75) is 37.8 Å². The van der Waals surface area contributed by atoms with Crippen LogP contribution < -0.4 is 11.1 Å². The molecular formula is C15H21N3O. The van der Waals surface area contributed by atoms with E-state index in [1.54, 1.807) is 0 Å². The zero-order chi connectivity index (χ0) is 13.2. The van der Waals surface area contributed by atoms with Crippen LogP contribution in [0.25, 0.3) is 0 Å². The number of carbonyl (C=O) groups is 1. The number of anilines is 1. The Morgan fingerprint density at radius 1 is 1.32 bits per heavy atom. The standard InChI is InChI=1S/C15H21N3O/c16-12-5-2-1-4-11(12)10-15(19)17-13-7-9-18-8-3-6-14(13)18/h1-2,4-5,13-14H,3,6-10,16H2,(H,17,19). The van der Waals surface area contributed by atoms with Gasteiger partial charge in [-0.05, 0) is 37.4 Å². The molecule has 2 aliphatic heterocycles. The Bertz CT molecular complexity index is 474. The molecule has 0 aromatic heterocycles. The van der Waals surface area contributed by atoms with Crippen LogP contribution in [-0.2, 0) is 11.2 Å². The fourth-order valence-electron chi connectivity index (χ4n) is 3.38. The largest absolute Gasteiger partial charge is 0.398 e. The normalized spacial score (nSPS) is 26.3. The third-order valence-electron chi connectivity index (χ3n) is 4.36. The van der Waals surface area contributed by atoms with E-state index in [0.717, 1.165) is 18.5 Å².